The molecule has 1 aliphatic rings. The van der Waals surface area contributed by atoms with E-state index in [4.69, 9.17) is 4.52 Å². The van der Waals surface area contributed by atoms with Crippen LogP contribution in [0.3, 0.4) is 0 Å². The van der Waals surface area contributed by atoms with E-state index in [0.29, 0.717) is 25.3 Å². The van der Waals surface area contributed by atoms with Crippen LogP contribution in [0.15, 0.2) is 34.9 Å². The molecule has 0 radical (unpaired) electrons. The lowest BCUT2D eigenvalue weighted by molar-refractivity contribution is -0.144. The maximum absolute atomic E-state index is 11.5. The number of carboxylic acid groups (broad SMARTS) is 1. The normalized spacial score (nSPS) is 18.8. The van der Waals surface area contributed by atoms with E-state index in [2.05, 4.69) is 5.16 Å². The Morgan fingerprint density at radius 2 is 2.20 bits per heavy atom. The second kappa shape index (κ2) is 5.09. The fourth-order valence-electron chi connectivity index (χ4n) is 2.68. The Morgan fingerprint density at radius 1 is 1.45 bits per heavy atom. The minimum absolute atomic E-state index is 0.464. The van der Waals surface area contributed by atoms with Gasteiger partial charge in [0, 0.05) is 12.6 Å². The zero-order valence-corrected chi connectivity index (χ0v) is 11.2. The number of aromatic nitrogens is 1. The first-order valence-electron chi connectivity index (χ1n) is 6.59. The van der Waals surface area contributed by atoms with Crippen LogP contribution < -0.4 is 0 Å². The summed E-state index contributed by atoms with van der Waals surface area (Å²) in [5.41, 5.74) is 3.11. The smallest absolute Gasteiger partial charge is 0.321 e. The SMILES string of the molecule is Cc1cc(CN2Cc3ccccc3CC2C(=O)O)on1. The number of fused-ring (bicyclic) bond motifs is 1. The lowest BCUT2D eigenvalue weighted by Gasteiger charge is -2.33. The van der Waals surface area contributed by atoms with Gasteiger partial charge in [0.05, 0.1) is 12.2 Å². The van der Waals surface area contributed by atoms with E-state index in [1.165, 1.54) is 5.56 Å². The van der Waals surface area contributed by atoms with Crippen molar-refractivity contribution in [2.45, 2.75) is 32.5 Å². The van der Waals surface area contributed by atoms with Crippen LogP contribution in [0, 0.1) is 6.92 Å². The number of nitrogens with zero attached hydrogens (tertiary/aromatic N) is 2. The van der Waals surface area contributed by atoms with Gasteiger partial charge in [0.25, 0.3) is 0 Å². The molecule has 0 bridgehead atoms. The van der Waals surface area contributed by atoms with Crippen molar-refractivity contribution >= 4 is 5.97 Å². The third-order valence-corrected chi connectivity index (χ3v) is 3.67. The number of benzene rings is 1. The first-order valence-corrected chi connectivity index (χ1v) is 6.59. The first kappa shape index (κ1) is 12.9. The molecule has 1 aliphatic heterocycles. The summed E-state index contributed by atoms with van der Waals surface area (Å²) >= 11 is 0. The minimum atomic E-state index is -0.796. The largest absolute Gasteiger partial charge is 0.480 e. The van der Waals surface area contributed by atoms with Crippen LogP contribution in [-0.4, -0.2) is 27.2 Å². The molecular formula is C15H16N2O3. The number of rotatable bonds is 3. The highest BCUT2D eigenvalue weighted by atomic mass is 16.5. The van der Waals surface area contributed by atoms with Crippen molar-refractivity contribution in [2.24, 2.45) is 0 Å². The third kappa shape index (κ3) is 2.44. The van der Waals surface area contributed by atoms with E-state index in [0.717, 1.165) is 11.3 Å². The fourth-order valence-corrected chi connectivity index (χ4v) is 2.68. The summed E-state index contributed by atoms with van der Waals surface area (Å²) in [6.07, 6.45) is 0.526. The van der Waals surface area contributed by atoms with Gasteiger partial charge in [-0.1, -0.05) is 29.4 Å². The summed E-state index contributed by atoms with van der Waals surface area (Å²) in [7, 11) is 0. The molecule has 1 atom stereocenters. The van der Waals surface area contributed by atoms with Crippen LogP contribution in [-0.2, 0) is 24.3 Å². The van der Waals surface area contributed by atoms with E-state index < -0.39 is 12.0 Å². The van der Waals surface area contributed by atoms with Crippen molar-refractivity contribution in [2.75, 3.05) is 0 Å². The molecule has 0 fully saturated rings. The summed E-state index contributed by atoms with van der Waals surface area (Å²) in [5, 5.41) is 13.3. The Balaban J connectivity index is 1.86. The van der Waals surface area contributed by atoms with Gasteiger partial charge >= 0.3 is 5.97 Å². The van der Waals surface area contributed by atoms with Gasteiger partial charge in [-0.25, -0.2) is 0 Å². The molecule has 3 rings (SSSR count). The first-order chi connectivity index (χ1) is 9.63. The van der Waals surface area contributed by atoms with Crippen molar-refractivity contribution in [1.82, 2.24) is 10.1 Å². The van der Waals surface area contributed by atoms with Crippen molar-refractivity contribution < 1.29 is 14.4 Å². The monoisotopic (exact) mass is 272 g/mol. The highest BCUT2D eigenvalue weighted by molar-refractivity contribution is 5.74. The summed E-state index contributed by atoms with van der Waals surface area (Å²) in [6, 6.07) is 9.31. The van der Waals surface area contributed by atoms with Crippen molar-refractivity contribution in [3.05, 3.63) is 52.9 Å². The van der Waals surface area contributed by atoms with Crippen LogP contribution in [0.2, 0.25) is 0 Å². The molecule has 0 saturated carbocycles. The van der Waals surface area contributed by atoms with Gasteiger partial charge in [-0.15, -0.1) is 0 Å². The van der Waals surface area contributed by atoms with Gasteiger partial charge in [-0.05, 0) is 24.5 Å². The molecule has 1 N–H and O–H groups in total. The van der Waals surface area contributed by atoms with Crippen LogP contribution in [0.4, 0.5) is 0 Å². The van der Waals surface area contributed by atoms with Gasteiger partial charge < -0.3 is 9.63 Å². The average Bonchev–Trinajstić information content (AvgIpc) is 2.83. The topological polar surface area (TPSA) is 66.6 Å². The molecule has 5 nitrogen and oxygen atoms in total. The van der Waals surface area contributed by atoms with E-state index >= 15 is 0 Å². The number of aliphatic carboxylic acids is 1. The Morgan fingerprint density at radius 3 is 2.85 bits per heavy atom. The summed E-state index contributed by atoms with van der Waals surface area (Å²) in [4.78, 5) is 13.4. The summed E-state index contributed by atoms with van der Waals surface area (Å²) < 4.78 is 5.20. The third-order valence-electron chi connectivity index (χ3n) is 3.67. The molecule has 5 heteroatoms. The van der Waals surface area contributed by atoms with Crippen molar-refractivity contribution in [3.63, 3.8) is 0 Å². The molecular weight excluding hydrogens is 256 g/mol. The van der Waals surface area contributed by atoms with Crippen molar-refractivity contribution in [3.8, 4) is 0 Å². The maximum Gasteiger partial charge on any atom is 0.321 e. The molecule has 0 amide bonds. The molecule has 0 aliphatic carbocycles. The number of carbonyl (C=O) groups is 1. The Labute approximate surface area is 116 Å². The summed E-state index contributed by atoms with van der Waals surface area (Å²) in [6.45, 7) is 2.94. The van der Waals surface area contributed by atoms with Gasteiger partial charge in [0.1, 0.15) is 6.04 Å². The quantitative estimate of drug-likeness (QED) is 0.925. The molecule has 0 saturated heterocycles. The average molecular weight is 272 g/mol. The lowest BCUT2D eigenvalue weighted by Crippen LogP contribution is -2.44. The molecule has 1 aromatic heterocycles. The molecule has 2 heterocycles. The lowest BCUT2D eigenvalue weighted by atomic mass is 9.94. The van der Waals surface area contributed by atoms with Crippen LogP contribution in [0.5, 0.6) is 0 Å². The van der Waals surface area contributed by atoms with Gasteiger partial charge in [-0.2, -0.15) is 0 Å². The zero-order valence-electron chi connectivity index (χ0n) is 11.2. The standard InChI is InChI=1S/C15H16N2O3/c1-10-6-13(20-16-10)9-17-8-12-5-3-2-4-11(12)7-14(17)15(18)19/h2-6,14H,7-9H2,1H3,(H,18,19). The molecule has 2 aromatic rings. The van der Waals surface area contributed by atoms with Gasteiger partial charge in [0.15, 0.2) is 5.76 Å². The number of aryl methyl sites for hydroxylation is 1. The molecule has 1 aromatic carbocycles. The molecule has 104 valence electrons. The number of hydrogen-bond acceptors (Lipinski definition) is 4. The Kier molecular flexibility index (Phi) is 3.28. The predicted molar refractivity (Wildman–Crippen MR) is 72.1 cm³/mol. The number of carboxylic acids is 1. The molecule has 1 unspecified atom stereocenters. The minimum Gasteiger partial charge on any atom is -0.480 e. The Bertz CT molecular complexity index is 636. The maximum atomic E-state index is 11.5. The van der Waals surface area contributed by atoms with Crippen LogP contribution in [0.25, 0.3) is 0 Å². The van der Waals surface area contributed by atoms with Gasteiger partial charge in [0.2, 0.25) is 0 Å². The number of hydrogen-bond donors (Lipinski definition) is 1. The molecule has 0 spiro atoms. The van der Waals surface area contributed by atoms with E-state index in [1.54, 1.807) is 0 Å². The highest BCUT2D eigenvalue weighted by Crippen LogP contribution is 2.25. The van der Waals surface area contributed by atoms with Crippen LogP contribution >= 0.6 is 0 Å². The van der Waals surface area contributed by atoms with E-state index in [9.17, 15) is 9.90 Å². The zero-order chi connectivity index (χ0) is 14.1. The van der Waals surface area contributed by atoms with E-state index in [-0.39, 0.29) is 0 Å². The molecule has 20 heavy (non-hydrogen) atoms. The van der Waals surface area contributed by atoms with Crippen molar-refractivity contribution in [1.29, 1.82) is 0 Å². The predicted octanol–water partition coefficient (Wildman–Crippen LogP) is 1.99. The summed E-state index contributed by atoms with van der Waals surface area (Å²) in [5.74, 6) is -0.0936. The van der Waals surface area contributed by atoms with Gasteiger partial charge in [-0.3, -0.25) is 9.69 Å². The Hall–Kier alpha value is -2.14. The highest BCUT2D eigenvalue weighted by Gasteiger charge is 2.31. The second-order valence-corrected chi connectivity index (χ2v) is 5.17. The van der Waals surface area contributed by atoms with E-state index in [1.807, 2.05) is 42.2 Å². The fraction of sp³-hybridized carbons (Fsp3) is 0.333. The van der Waals surface area contributed by atoms with Crippen LogP contribution in [0.1, 0.15) is 22.6 Å². The second-order valence-electron chi connectivity index (χ2n) is 5.17.